The number of aliphatic hydroxyl groups excluding tert-OH is 1. The summed E-state index contributed by atoms with van der Waals surface area (Å²) in [5.74, 6) is 0.761. The van der Waals surface area contributed by atoms with Crippen molar-refractivity contribution in [3.63, 3.8) is 0 Å². The molecule has 0 radical (unpaired) electrons. The van der Waals surface area contributed by atoms with Gasteiger partial charge in [0.15, 0.2) is 0 Å². The second kappa shape index (κ2) is 7.59. The van der Waals surface area contributed by atoms with E-state index in [0.29, 0.717) is 19.7 Å². The molecule has 1 aromatic carbocycles. The van der Waals surface area contributed by atoms with Gasteiger partial charge in [-0.1, -0.05) is 12.1 Å². The van der Waals surface area contributed by atoms with Gasteiger partial charge in [-0.25, -0.2) is 0 Å². The molecule has 0 saturated carbocycles. The Morgan fingerprint density at radius 2 is 2.20 bits per heavy atom. The molecule has 112 valence electrons. The van der Waals surface area contributed by atoms with Crippen LogP contribution >= 0.6 is 0 Å². The van der Waals surface area contributed by atoms with Gasteiger partial charge in [-0.15, -0.1) is 0 Å². The van der Waals surface area contributed by atoms with E-state index in [0.717, 1.165) is 31.0 Å². The van der Waals surface area contributed by atoms with Gasteiger partial charge in [0, 0.05) is 26.2 Å². The van der Waals surface area contributed by atoms with Crippen molar-refractivity contribution in [3.8, 4) is 5.75 Å². The predicted molar refractivity (Wildman–Crippen MR) is 77.7 cm³/mol. The highest BCUT2D eigenvalue weighted by Crippen LogP contribution is 2.12. The van der Waals surface area contributed by atoms with Crippen LogP contribution in [0.2, 0.25) is 0 Å². The summed E-state index contributed by atoms with van der Waals surface area (Å²) in [7, 11) is 0. The minimum Gasteiger partial charge on any atom is -0.491 e. The van der Waals surface area contributed by atoms with E-state index in [9.17, 15) is 5.11 Å². The zero-order valence-electron chi connectivity index (χ0n) is 12.0. The molecule has 2 rings (SSSR count). The molecule has 1 saturated heterocycles. The largest absolute Gasteiger partial charge is 0.491 e. The summed E-state index contributed by atoms with van der Waals surface area (Å²) >= 11 is 0. The van der Waals surface area contributed by atoms with Crippen LogP contribution < -0.4 is 10.5 Å². The molecule has 0 spiro atoms. The van der Waals surface area contributed by atoms with Gasteiger partial charge in [-0.3, -0.25) is 4.90 Å². The Bertz CT molecular complexity index is 397. The van der Waals surface area contributed by atoms with E-state index in [1.807, 2.05) is 31.2 Å². The number of nitrogens with zero attached hydrogens (tertiary/aromatic N) is 1. The molecular formula is C15H24N2O3. The molecule has 0 aromatic heterocycles. The summed E-state index contributed by atoms with van der Waals surface area (Å²) in [6.45, 7) is 5.96. The summed E-state index contributed by atoms with van der Waals surface area (Å²) < 4.78 is 11.1. The fourth-order valence-corrected chi connectivity index (χ4v) is 2.32. The topological polar surface area (TPSA) is 68.0 Å². The van der Waals surface area contributed by atoms with Crippen molar-refractivity contribution in [2.45, 2.75) is 25.7 Å². The average molecular weight is 280 g/mol. The molecule has 1 aromatic rings. The van der Waals surface area contributed by atoms with E-state index < -0.39 is 6.10 Å². The van der Waals surface area contributed by atoms with Gasteiger partial charge in [0.1, 0.15) is 18.5 Å². The number of ether oxygens (including phenoxy) is 2. The lowest BCUT2D eigenvalue weighted by molar-refractivity contribution is -0.0361. The molecule has 20 heavy (non-hydrogen) atoms. The normalized spacial score (nSPS) is 21.6. The van der Waals surface area contributed by atoms with E-state index in [2.05, 4.69) is 4.90 Å². The molecule has 2 unspecified atom stereocenters. The maximum atomic E-state index is 10.0. The number of rotatable bonds is 6. The van der Waals surface area contributed by atoms with Crippen molar-refractivity contribution < 1.29 is 14.6 Å². The molecule has 5 nitrogen and oxygen atoms in total. The highest BCUT2D eigenvalue weighted by atomic mass is 16.5. The quantitative estimate of drug-likeness (QED) is 0.799. The van der Waals surface area contributed by atoms with E-state index in [-0.39, 0.29) is 6.10 Å². The number of morpholine rings is 1. The first-order valence-corrected chi connectivity index (χ1v) is 7.11. The molecule has 1 aliphatic heterocycles. The molecule has 0 amide bonds. The van der Waals surface area contributed by atoms with Crippen LogP contribution in [-0.4, -0.2) is 55.1 Å². The van der Waals surface area contributed by atoms with Crippen LogP contribution in [0.15, 0.2) is 24.3 Å². The Labute approximate surface area is 120 Å². The fraction of sp³-hybridized carbons (Fsp3) is 0.600. The molecule has 5 heteroatoms. The third kappa shape index (κ3) is 4.76. The van der Waals surface area contributed by atoms with Crippen LogP contribution in [0.4, 0.5) is 0 Å². The van der Waals surface area contributed by atoms with Gasteiger partial charge < -0.3 is 20.3 Å². The molecule has 3 N–H and O–H groups in total. The second-order valence-electron chi connectivity index (χ2n) is 5.25. The lowest BCUT2D eigenvalue weighted by atomic mass is 10.2. The Morgan fingerprint density at radius 3 is 2.85 bits per heavy atom. The molecule has 0 aliphatic carbocycles. The van der Waals surface area contributed by atoms with E-state index in [1.54, 1.807) is 0 Å². The standard InChI is InChI=1S/C15H24N2O3/c1-12-9-17(6-7-19-12)10-14(18)11-20-15-4-2-13(8-16)3-5-15/h2-5,12,14,18H,6-11,16H2,1H3. The summed E-state index contributed by atoms with van der Waals surface area (Å²) in [6.07, 6.45) is -0.254. The smallest absolute Gasteiger partial charge is 0.119 e. The van der Waals surface area contributed by atoms with Gasteiger partial charge in [-0.05, 0) is 24.6 Å². The lowest BCUT2D eigenvalue weighted by Gasteiger charge is -2.32. The van der Waals surface area contributed by atoms with Crippen LogP contribution in [-0.2, 0) is 11.3 Å². The first kappa shape index (κ1) is 15.3. The highest BCUT2D eigenvalue weighted by Gasteiger charge is 2.19. The number of hydrogen-bond donors (Lipinski definition) is 2. The summed E-state index contributed by atoms with van der Waals surface area (Å²) in [5, 5.41) is 10.0. The lowest BCUT2D eigenvalue weighted by Crippen LogP contribution is -2.45. The van der Waals surface area contributed by atoms with Crippen LogP contribution in [0.1, 0.15) is 12.5 Å². The van der Waals surface area contributed by atoms with E-state index in [1.165, 1.54) is 0 Å². The van der Waals surface area contributed by atoms with Gasteiger partial charge in [0.2, 0.25) is 0 Å². The van der Waals surface area contributed by atoms with Crippen LogP contribution in [0.25, 0.3) is 0 Å². The molecule has 1 heterocycles. The molecule has 0 bridgehead atoms. The first-order chi connectivity index (χ1) is 9.67. The molecule has 2 atom stereocenters. The van der Waals surface area contributed by atoms with Gasteiger partial charge in [0.05, 0.1) is 12.7 Å². The van der Waals surface area contributed by atoms with Crippen molar-refractivity contribution >= 4 is 0 Å². The number of β-amino-alcohol motifs (C(OH)–C–C–N with tert-alkyl or cyclic N) is 1. The second-order valence-corrected chi connectivity index (χ2v) is 5.25. The van der Waals surface area contributed by atoms with Gasteiger partial charge in [-0.2, -0.15) is 0 Å². The van der Waals surface area contributed by atoms with Crippen LogP contribution in [0.3, 0.4) is 0 Å². The summed E-state index contributed by atoms with van der Waals surface area (Å²) in [4.78, 5) is 2.21. The fourth-order valence-electron chi connectivity index (χ4n) is 2.32. The SMILES string of the molecule is CC1CN(CC(O)COc2ccc(CN)cc2)CCO1. The minimum absolute atomic E-state index is 0.237. The molecule has 1 fully saturated rings. The minimum atomic E-state index is -0.491. The van der Waals surface area contributed by atoms with Crippen molar-refractivity contribution in [2.24, 2.45) is 5.73 Å². The van der Waals surface area contributed by atoms with Crippen molar-refractivity contribution in [1.29, 1.82) is 0 Å². The Balaban J connectivity index is 1.72. The molecule has 1 aliphatic rings. The summed E-state index contributed by atoms with van der Waals surface area (Å²) in [6, 6.07) is 7.63. The number of nitrogens with two attached hydrogens (primary N) is 1. The highest BCUT2D eigenvalue weighted by molar-refractivity contribution is 5.27. The Kier molecular flexibility index (Phi) is 5.79. The molecular weight excluding hydrogens is 256 g/mol. The predicted octanol–water partition coefficient (Wildman–Crippen LogP) is 0.606. The number of hydrogen-bond acceptors (Lipinski definition) is 5. The summed E-state index contributed by atoms with van der Waals surface area (Å²) in [5.41, 5.74) is 6.61. The number of benzene rings is 1. The zero-order valence-corrected chi connectivity index (χ0v) is 12.0. The number of aliphatic hydroxyl groups is 1. The maximum Gasteiger partial charge on any atom is 0.119 e. The third-order valence-corrected chi connectivity index (χ3v) is 3.40. The Morgan fingerprint density at radius 1 is 1.45 bits per heavy atom. The van der Waals surface area contributed by atoms with Crippen molar-refractivity contribution in [1.82, 2.24) is 4.90 Å². The van der Waals surface area contributed by atoms with E-state index >= 15 is 0 Å². The van der Waals surface area contributed by atoms with Crippen molar-refractivity contribution in [2.75, 3.05) is 32.8 Å². The van der Waals surface area contributed by atoms with Crippen LogP contribution in [0, 0.1) is 0 Å². The maximum absolute atomic E-state index is 10.0. The van der Waals surface area contributed by atoms with E-state index in [4.69, 9.17) is 15.2 Å². The van der Waals surface area contributed by atoms with Crippen molar-refractivity contribution in [3.05, 3.63) is 29.8 Å². The van der Waals surface area contributed by atoms with Crippen LogP contribution in [0.5, 0.6) is 5.75 Å². The Hall–Kier alpha value is -1.14. The monoisotopic (exact) mass is 280 g/mol. The van der Waals surface area contributed by atoms with Gasteiger partial charge in [0.25, 0.3) is 0 Å². The van der Waals surface area contributed by atoms with Gasteiger partial charge >= 0.3 is 0 Å². The third-order valence-electron chi connectivity index (χ3n) is 3.40. The first-order valence-electron chi connectivity index (χ1n) is 7.11. The zero-order chi connectivity index (χ0) is 14.4. The average Bonchev–Trinajstić information content (AvgIpc) is 2.46.